The Balaban J connectivity index is 2.98. The summed E-state index contributed by atoms with van der Waals surface area (Å²) in [5, 5.41) is 0. The zero-order valence-electron chi connectivity index (χ0n) is 13.0. The molecule has 0 saturated carbocycles. The summed E-state index contributed by atoms with van der Waals surface area (Å²) in [7, 11) is 5.72. The Morgan fingerprint density at radius 1 is 1.35 bits per heavy atom. The summed E-state index contributed by atoms with van der Waals surface area (Å²) in [5.41, 5.74) is 8.00. The minimum atomic E-state index is 0.0228. The minimum Gasteiger partial charge on any atom is -0.399 e. The van der Waals surface area contributed by atoms with Gasteiger partial charge in [0.15, 0.2) is 0 Å². The summed E-state index contributed by atoms with van der Waals surface area (Å²) in [6.07, 6.45) is 3.07. The van der Waals surface area contributed by atoms with E-state index in [1.807, 2.05) is 38.2 Å². The maximum Gasteiger partial charge on any atom is 0.256 e. The van der Waals surface area contributed by atoms with Gasteiger partial charge in [0.2, 0.25) is 0 Å². The zero-order chi connectivity index (χ0) is 15.3. The Hall–Kier alpha value is -1.36. The van der Waals surface area contributed by atoms with Gasteiger partial charge in [-0.05, 0) is 43.6 Å². The molecule has 20 heavy (non-hydrogen) atoms. The predicted octanol–water partition coefficient (Wildman–Crippen LogP) is 2.55. The first kappa shape index (κ1) is 16.7. The third kappa shape index (κ3) is 4.07. The Morgan fingerprint density at radius 3 is 2.55 bits per heavy atom. The number of hydrogen-bond donors (Lipinski definition) is 1. The van der Waals surface area contributed by atoms with E-state index in [0.29, 0.717) is 11.3 Å². The van der Waals surface area contributed by atoms with Gasteiger partial charge in [0.05, 0.1) is 5.56 Å². The second-order valence-corrected chi connectivity index (χ2v) is 6.20. The quantitative estimate of drug-likeness (QED) is 0.819. The largest absolute Gasteiger partial charge is 0.399 e. The molecule has 0 bridgehead atoms. The normalized spacial score (nSPS) is 12.1. The van der Waals surface area contributed by atoms with Gasteiger partial charge in [0, 0.05) is 38.6 Å². The summed E-state index contributed by atoms with van der Waals surface area (Å²) in [6, 6.07) is 5.69. The van der Waals surface area contributed by atoms with Crippen LogP contribution in [-0.4, -0.2) is 50.0 Å². The van der Waals surface area contributed by atoms with Gasteiger partial charge in [-0.3, -0.25) is 4.79 Å². The van der Waals surface area contributed by atoms with Crippen LogP contribution < -0.4 is 10.6 Å². The molecular formula is C15H25N3OS. The van der Waals surface area contributed by atoms with Crippen LogP contribution in [-0.2, 0) is 0 Å². The number of nitrogens with two attached hydrogens (primary N) is 1. The number of thioether (sulfide) groups is 1. The summed E-state index contributed by atoms with van der Waals surface area (Å²) < 4.78 is 0. The van der Waals surface area contributed by atoms with E-state index in [2.05, 4.69) is 13.2 Å². The molecule has 0 aliphatic heterocycles. The highest BCUT2D eigenvalue weighted by Crippen LogP contribution is 2.23. The molecule has 4 nitrogen and oxygen atoms in total. The van der Waals surface area contributed by atoms with Crippen LogP contribution in [0.25, 0.3) is 0 Å². The fourth-order valence-corrected chi connectivity index (χ4v) is 2.56. The molecule has 1 unspecified atom stereocenters. The molecule has 0 radical (unpaired) electrons. The van der Waals surface area contributed by atoms with E-state index in [1.165, 1.54) is 0 Å². The molecule has 1 atom stereocenters. The van der Waals surface area contributed by atoms with E-state index < -0.39 is 0 Å². The molecule has 112 valence electrons. The van der Waals surface area contributed by atoms with E-state index in [-0.39, 0.29) is 11.9 Å². The van der Waals surface area contributed by atoms with Crippen LogP contribution in [0.5, 0.6) is 0 Å². The van der Waals surface area contributed by atoms with Crippen molar-refractivity contribution in [3.05, 3.63) is 23.8 Å². The zero-order valence-corrected chi connectivity index (χ0v) is 13.8. The van der Waals surface area contributed by atoms with Gasteiger partial charge in [-0.15, -0.1) is 0 Å². The van der Waals surface area contributed by atoms with E-state index >= 15 is 0 Å². The fourth-order valence-electron chi connectivity index (χ4n) is 1.99. The highest BCUT2D eigenvalue weighted by atomic mass is 32.2. The number of carbonyl (C=O) groups excluding carboxylic acids is 1. The molecule has 1 amide bonds. The predicted molar refractivity (Wildman–Crippen MR) is 89.7 cm³/mol. The lowest BCUT2D eigenvalue weighted by Gasteiger charge is -2.27. The van der Waals surface area contributed by atoms with E-state index in [9.17, 15) is 4.79 Å². The van der Waals surface area contributed by atoms with Crippen molar-refractivity contribution in [3.8, 4) is 0 Å². The number of amides is 1. The highest BCUT2D eigenvalue weighted by molar-refractivity contribution is 7.98. The number of hydrogen-bond acceptors (Lipinski definition) is 4. The molecule has 0 aliphatic carbocycles. The molecule has 0 spiro atoms. The van der Waals surface area contributed by atoms with Crippen molar-refractivity contribution in [2.45, 2.75) is 19.4 Å². The van der Waals surface area contributed by atoms with Crippen molar-refractivity contribution in [1.29, 1.82) is 0 Å². The lowest BCUT2D eigenvalue weighted by atomic mass is 10.1. The van der Waals surface area contributed by atoms with Crippen molar-refractivity contribution in [2.75, 3.05) is 43.8 Å². The summed E-state index contributed by atoms with van der Waals surface area (Å²) in [5.74, 6) is 1.07. The Bertz CT molecular complexity index is 462. The second kappa shape index (κ2) is 7.43. The first-order valence-electron chi connectivity index (χ1n) is 6.71. The van der Waals surface area contributed by atoms with E-state index in [1.54, 1.807) is 22.7 Å². The van der Waals surface area contributed by atoms with Crippen LogP contribution in [0.3, 0.4) is 0 Å². The summed E-state index contributed by atoms with van der Waals surface area (Å²) >= 11 is 1.80. The van der Waals surface area contributed by atoms with Gasteiger partial charge in [-0.1, -0.05) is 0 Å². The van der Waals surface area contributed by atoms with Crippen molar-refractivity contribution >= 4 is 29.0 Å². The van der Waals surface area contributed by atoms with Crippen LogP contribution >= 0.6 is 11.8 Å². The minimum absolute atomic E-state index is 0.0228. The summed E-state index contributed by atoms with van der Waals surface area (Å²) in [4.78, 5) is 16.4. The van der Waals surface area contributed by atoms with Gasteiger partial charge in [-0.25, -0.2) is 0 Å². The molecule has 0 heterocycles. The third-order valence-electron chi connectivity index (χ3n) is 3.45. The molecule has 5 heteroatoms. The molecule has 0 saturated heterocycles. The third-order valence-corrected chi connectivity index (χ3v) is 4.10. The maximum absolute atomic E-state index is 12.7. The van der Waals surface area contributed by atoms with E-state index in [0.717, 1.165) is 17.9 Å². The van der Waals surface area contributed by atoms with Gasteiger partial charge in [0.1, 0.15) is 0 Å². The van der Waals surface area contributed by atoms with Gasteiger partial charge >= 0.3 is 0 Å². The maximum atomic E-state index is 12.7. The fraction of sp³-hybridized carbons (Fsp3) is 0.533. The van der Waals surface area contributed by atoms with Crippen LogP contribution in [0.15, 0.2) is 18.2 Å². The first-order chi connectivity index (χ1) is 9.38. The SMILES string of the molecule is CSCCC(C)N(C)C(=O)c1cc(N)ccc1N(C)C. The standard InChI is InChI=1S/C15H25N3OS/c1-11(8-9-20-5)18(4)15(19)13-10-12(16)6-7-14(13)17(2)3/h6-7,10-11H,8-9,16H2,1-5H3. The number of benzene rings is 1. The molecule has 1 aromatic rings. The Morgan fingerprint density at radius 2 is 2.00 bits per heavy atom. The second-order valence-electron chi connectivity index (χ2n) is 5.22. The Kier molecular flexibility index (Phi) is 6.20. The number of rotatable bonds is 6. The Labute approximate surface area is 126 Å². The average Bonchev–Trinajstić information content (AvgIpc) is 2.42. The van der Waals surface area contributed by atoms with Crippen molar-refractivity contribution in [3.63, 3.8) is 0 Å². The number of nitrogens with zero attached hydrogens (tertiary/aromatic N) is 2. The molecule has 2 N–H and O–H groups in total. The van der Waals surface area contributed by atoms with Gasteiger partial charge in [0.25, 0.3) is 5.91 Å². The van der Waals surface area contributed by atoms with E-state index in [4.69, 9.17) is 5.73 Å². The van der Waals surface area contributed by atoms with Gasteiger partial charge < -0.3 is 15.5 Å². The molecule has 1 aromatic carbocycles. The highest BCUT2D eigenvalue weighted by Gasteiger charge is 2.21. The smallest absolute Gasteiger partial charge is 0.256 e. The van der Waals surface area contributed by atoms with Crippen LogP contribution in [0, 0.1) is 0 Å². The average molecular weight is 295 g/mol. The van der Waals surface area contributed by atoms with Crippen molar-refractivity contribution < 1.29 is 4.79 Å². The van der Waals surface area contributed by atoms with Crippen LogP contribution in [0.2, 0.25) is 0 Å². The molecular weight excluding hydrogens is 270 g/mol. The lowest BCUT2D eigenvalue weighted by molar-refractivity contribution is 0.0742. The van der Waals surface area contributed by atoms with Crippen molar-refractivity contribution in [1.82, 2.24) is 4.90 Å². The number of carbonyl (C=O) groups is 1. The topological polar surface area (TPSA) is 49.6 Å². The summed E-state index contributed by atoms with van der Waals surface area (Å²) in [6.45, 7) is 2.08. The van der Waals surface area contributed by atoms with Crippen LogP contribution in [0.1, 0.15) is 23.7 Å². The number of anilines is 2. The van der Waals surface area contributed by atoms with Crippen molar-refractivity contribution in [2.24, 2.45) is 0 Å². The lowest BCUT2D eigenvalue weighted by Crippen LogP contribution is -2.36. The monoisotopic (exact) mass is 295 g/mol. The molecule has 0 aliphatic rings. The molecule has 1 rings (SSSR count). The molecule has 0 fully saturated rings. The van der Waals surface area contributed by atoms with Gasteiger partial charge in [-0.2, -0.15) is 11.8 Å². The molecule has 0 aromatic heterocycles. The van der Waals surface area contributed by atoms with Crippen LogP contribution in [0.4, 0.5) is 11.4 Å². The first-order valence-corrected chi connectivity index (χ1v) is 8.10. The number of nitrogen functional groups attached to an aromatic ring is 1.